The smallest absolute Gasteiger partial charge is 0.258 e. The summed E-state index contributed by atoms with van der Waals surface area (Å²) in [7, 11) is 0. The van der Waals surface area contributed by atoms with Gasteiger partial charge in [-0.25, -0.2) is 0 Å². The lowest BCUT2D eigenvalue weighted by Crippen LogP contribution is -2.38. The Kier molecular flexibility index (Phi) is 6.89. The lowest BCUT2D eigenvalue weighted by Gasteiger charge is -2.32. The number of benzene rings is 2. The molecular weight excluding hydrogens is 474 g/mol. The number of anilines is 2. The van der Waals surface area contributed by atoms with Gasteiger partial charge < -0.3 is 24.2 Å². The van der Waals surface area contributed by atoms with Crippen LogP contribution in [0.5, 0.6) is 5.75 Å². The molecule has 0 aliphatic carbocycles. The Hall–Kier alpha value is -2.57. The molecule has 2 aromatic rings. The van der Waals surface area contributed by atoms with E-state index >= 15 is 0 Å². The van der Waals surface area contributed by atoms with Crippen LogP contribution in [-0.2, 0) is 11.2 Å². The molecule has 6 rings (SSSR count). The van der Waals surface area contributed by atoms with Gasteiger partial charge in [0.25, 0.3) is 5.91 Å². The van der Waals surface area contributed by atoms with Crippen LogP contribution in [0.4, 0.5) is 11.4 Å². The summed E-state index contributed by atoms with van der Waals surface area (Å²) in [5.41, 5.74) is 5.78. The van der Waals surface area contributed by atoms with Crippen molar-refractivity contribution in [2.75, 3.05) is 55.7 Å². The molecule has 4 aliphatic heterocycles. The van der Waals surface area contributed by atoms with Gasteiger partial charge in [-0.05, 0) is 91.5 Å². The van der Waals surface area contributed by atoms with Gasteiger partial charge in [0, 0.05) is 62.3 Å². The number of hydrogen-bond donors (Lipinski definition) is 0. The molecule has 2 aromatic carbocycles. The van der Waals surface area contributed by atoms with Crippen molar-refractivity contribution in [3.63, 3.8) is 0 Å². The number of likely N-dealkylation sites (tertiary alicyclic amines) is 1. The number of aryl methyl sites for hydroxylation is 1. The highest BCUT2D eigenvalue weighted by Crippen LogP contribution is 2.39. The fourth-order valence-electron chi connectivity index (χ4n) is 7.04. The fourth-order valence-corrected chi connectivity index (χ4v) is 7.04. The van der Waals surface area contributed by atoms with Crippen LogP contribution in [0.1, 0.15) is 61.5 Å². The van der Waals surface area contributed by atoms with Crippen molar-refractivity contribution in [1.82, 2.24) is 4.90 Å². The zero-order chi connectivity index (χ0) is 26.4. The molecule has 0 bridgehead atoms. The van der Waals surface area contributed by atoms with Crippen LogP contribution in [-0.4, -0.2) is 68.9 Å². The topological polar surface area (TPSA) is 45.3 Å². The van der Waals surface area contributed by atoms with Crippen molar-refractivity contribution in [2.24, 2.45) is 11.3 Å². The molecule has 0 aromatic heterocycles. The molecule has 0 radical (unpaired) electrons. The molecule has 3 atom stereocenters. The summed E-state index contributed by atoms with van der Waals surface area (Å²) in [5.74, 6) is 1.67. The zero-order valence-electron chi connectivity index (χ0n) is 23.5. The highest BCUT2D eigenvalue weighted by molar-refractivity contribution is 6.08. The van der Waals surface area contributed by atoms with Crippen LogP contribution < -0.4 is 14.5 Å². The van der Waals surface area contributed by atoms with Crippen molar-refractivity contribution in [3.05, 3.63) is 53.1 Å². The van der Waals surface area contributed by atoms with E-state index in [2.05, 4.69) is 55.7 Å². The Bertz CT molecular complexity index is 1180. The Balaban J connectivity index is 1.13. The summed E-state index contributed by atoms with van der Waals surface area (Å²) in [6.45, 7) is 16.0. The van der Waals surface area contributed by atoms with Gasteiger partial charge in [0.15, 0.2) is 0 Å². The molecule has 3 unspecified atom stereocenters. The number of fused-ring (bicyclic) bond motifs is 2. The predicted octanol–water partition coefficient (Wildman–Crippen LogP) is 5.31. The second kappa shape index (κ2) is 10.2. The van der Waals surface area contributed by atoms with Gasteiger partial charge in [0.05, 0.1) is 6.10 Å². The average Bonchev–Trinajstić information content (AvgIpc) is 3.60. The van der Waals surface area contributed by atoms with Gasteiger partial charge in [-0.15, -0.1) is 0 Å². The molecule has 38 heavy (non-hydrogen) atoms. The minimum Gasteiger partial charge on any atom is -0.491 e. The quantitative estimate of drug-likeness (QED) is 0.520. The Morgan fingerprint density at radius 2 is 1.92 bits per heavy atom. The van der Waals surface area contributed by atoms with Crippen molar-refractivity contribution in [3.8, 4) is 5.75 Å². The number of nitrogens with zero attached hydrogens (tertiary/aromatic N) is 3. The first-order chi connectivity index (χ1) is 18.2. The molecule has 3 saturated heterocycles. The van der Waals surface area contributed by atoms with Crippen LogP contribution in [0.15, 0.2) is 36.4 Å². The summed E-state index contributed by atoms with van der Waals surface area (Å²) in [5, 5.41) is 0. The van der Waals surface area contributed by atoms with Gasteiger partial charge in [-0.3, -0.25) is 4.79 Å². The largest absolute Gasteiger partial charge is 0.491 e. The van der Waals surface area contributed by atoms with Crippen molar-refractivity contribution in [1.29, 1.82) is 0 Å². The molecule has 6 nitrogen and oxygen atoms in total. The third kappa shape index (κ3) is 5.17. The monoisotopic (exact) mass is 517 g/mol. The van der Waals surface area contributed by atoms with Crippen molar-refractivity contribution < 1.29 is 14.3 Å². The van der Waals surface area contributed by atoms with E-state index in [1.807, 2.05) is 23.1 Å². The van der Waals surface area contributed by atoms with Crippen LogP contribution in [0.2, 0.25) is 0 Å². The third-order valence-electron chi connectivity index (χ3n) is 8.74. The van der Waals surface area contributed by atoms with Gasteiger partial charge in [0.1, 0.15) is 12.4 Å². The summed E-state index contributed by atoms with van der Waals surface area (Å²) >= 11 is 0. The molecule has 0 saturated carbocycles. The van der Waals surface area contributed by atoms with E-state index in [0.717, 1.165) is 74.0 Å². The molecule has 4 aliphatic rings. The molecule has 0 N–H and O–H groups in total. The molecule has 4 heterocycles. The highest BCUT2D eigenvalue weighted by Gasteiger charge is 2.42. The maximum atomic E-state index is 13.5. The molecular formula is C32H43N3O3. The number of hydrogen-bond acceptors (Lipinski definition) is 5. The zero-order valence-corrected chi connectivity index (χ0v) is 23.5. The minimum absolute atomic E-state index is 0.0823. The molecule has 3 fully saturated rings. The van der Waals surface area contributed by atoms with E-state index < -0.39 is 0 Å². The first-order valence-electron chi connectivity index (χ1n) is 14.5. The van der Waals surface area contributed by atoms with Gasteiger partial charge in [-0.1, -0.05) is 20.8 Å². The van der Waals surface area contributed by atoms with E-state index in [1.54, 1.807) is 0 Å². The number of ether oxygens (including phenoxy) is 2. The summed E-state index contributed by atoms with van der Waals surface area (Å²) in [6, 6.07) is 13.1. The predicted molar refractivity (Wildman–Crippen MR) is 153 cm³/mol. The minimum atomic E-state index is 0.0823. The van der Waals surface area contributed by atoms with Gasteiger partial charge in [0.2, 0.25) is 0 Å². The molecule has 1 amide bonds. The Morgan fingerprint density at radius 3 is 2.68 bits per heavy atom. The maximum Gasteiger partial charge on any atom is 0.258 e. The second-order valence-electron chi connectivity index (χ2n) is 13.0. The van der Waals surface area contributed by atoms with Crippen molar-refractivity contribution >= 4 is 17.3 Å². The molecule has 204 valence electrons. The van der Waals surface area contributed by atoms with E-state index in [-0.39, 0.29) is 12.0 Å². The lowest BCUT2D eigenvalue weighted by molar-refractivity contribution is 0.0679. The second-order valence-corrected chi connectivity index (χ2v) is 13.0. The van der Waals surface area contributed by atoms with E-state index in [9.17, 15) is 4.79 Å². The summed E-state index contributed by atoms with van der Waals surface area (Å²) in [6.07, 6.45) is 4.46. The normalized spacial score (nSPS) is 25.7. The van der Waals surface area contributed by atoms with Crippen LogP contribution in [0.3, 0.4) is 0 Å². The van der Waals surface area contributed by atoms with E-state index in [4.69, 9.17) is 9.47 Å². The summed E-state index contributed by atoms with van der Waals surface area (Å²) < 4.78 is 11.7. The molecule has 6 heteroatoms. The molecule has 0 spiro atoms. The maximum absolute atomic E-state index is 13.5. The number of amides is 1. The van der Waals surface area contributed by atoms with E-state index in [1.165, 1.54) is 24.2 Å². The van der Waals surface area contributed by atoms with Crippen molar-refractivity contribution in [2.45, 2.75) is 65.5 Å². The summed E-state index contributed by atoms with van der Waals surface area (Å²) in [4.78, 5) is 20.7. The number of carbonyl (C=O) groups excluding carboxylic acids is 1. The van der Waals surface area contributed by atoms with Crippen LogP contribution >= 0.6 is 0 Å². The fraction of sp³-hybridized carbons (Fsp3) is 0.594. The standard InChI is InChI=1S/C32H43N3O3/c1-22-16-25(7-10-29(22)35-14-12-24-18-33(19-30(24)35)21-32(2,3)4)34-13-11-23-17-26(8-9-28(23)31(34)36)38-20-27-6-5-15-37-27/h7-10,16-17,24,27,30H,5-6,11-15,18-21H2,1-4H3. The lowest BCUT2D eigenvalue weighted by atomic mass is 9.96. The van der Waals surface area contributed by atoms with Gasteiger partial charge >= 0.3 is 0 Å². The average molecular weight is 518 g/mol. The SMILES string of the molecule is Cc1cc(N2CCc3cc(OCC4CCCO4)ccc3C2=O)ccc1N1CCC2CN(CC(C)(C)C)CC21. The first-order valence-corrected chi connectivity index (χ1v) is 14.5. The Morgan fingerprint density at radius 1 is 1.05 bits per heavy atom. The number of rotatable bonds is 6. The van der Waals surface area contributed by atoms with Crippen LogP contribution in [0, 0.1) is 18.3 Å². The number of carbonyl (C=O) groups is 1. The van der Waals surface area contributed by atoms with Gasteiger partial charge in [-0.2, -0.15) is 0 Å². The van der Waals surface area contributed by atoms with E-state index in [0.29, 0.717) is 24.6 Å². The highest BCUT2D eigenvalue weighted by atomic mass is 16.5. The first kappa shape index (κ1) is 25.7. The Labute approximate surface area is 227 Å². The van der Waals surface area contributed by atoms with Crippen LogP contribution in [0.25, 0.3) is 0 Å². The third-order valence-corrected chi connectivity index (χ3v) is 8.74.